The average Bonchev–Trinajstić information content (AvgIpc) is 2.82. The predicted octanol–water partition coefficient (Wildman–Crippen LogP) is 3.62. The lowest BCUT2D eigenvalue weighted by atomic mass is 9.73. The Hall–Kier alpha value is -2.18. The Labute approximate surface area is 205 Å². The molecule has 2 aromatic rings. The van der Waals surface area contributed by atoms with E-state index in [-0.39, 0.29) is 17.3 Å². The summed E-state index contributed by atoms with van der Waals surface area (Å²) in [6, 6.07) is 7.88. The molecule has 0 fully saturated rings. The Bertz CT molecular complexity index is 842. The monoisotopic (exact) mass is 470 g/mol. The highest BCUT2D eigenvalue weighted by atomic mass is 19.2. The van der Waals surface area contributed by atoms with Gasteiger partial charge in [-0.3, -0.25) is 0 Å². The molecule has 183 valence electrons. The van der Waals surface area contributed by atoms with E-state index in [0.717, 1.165) is 49.4 Å². The van der Waals surface area contributed by atoms with Gasteiger partial charge in [-0.15, -0.1) is 0 Å². The van der Waals surface area contributed by atoms with E-state index in [4.69, 9.17) is 13.6 Å². The molecule has 2 rings (SSSR count). The number of halogens is 3. The summed E-state index contributed by atoms with van der Waals surface area (Å²) >= 11 is 0. The van der Waals surface area contributed by atoms with Gasteiger partial charge in [0.25, 0.3) is 0 Å². The number of hydrogen-bond donors (Lipinski definition) is 3. The van der Waals surface area contributed by atoms with Crippen molar-refractivity contribution in [2.45, 2.75) is 64.9 Å². The summed E-state index contributed by atoms with van der Waals surface area (Å²) in [6.07, 6.45) is 7.98. The van der Waals surface area contributed by atoms with Crippen molar-refractivity contribution >= 4 is 26.1 Å². The first kappa shape index (κ1) is 29.9. The van der Waals surface area contributed by atoms with E-state index in [0.29, 0.717) is 12.1 Å². The molecule has 8 heteroatoms. The molecule has 1 atom stereocenters. The van der Waals surface area contributed by atoms with Crippen LogP contribution in [0.1, 0.15) is 50.2 Å². The fourth-order valence-electron chi connectivity index (χ4n) is 3.36. The normalized spacial score (nSPS) is 11.4. The van der Waals surface area contributed by atoms with Crippen LogP contribution in [0, 0.1) is 17.5 Å². The van der Waals surface area contributed by atoms with Gasteiger partial charge in [0.05, 0.1) is 0 Å². The fourth-order valence-corrected chi connectivity index (χ4v) is 3.36. The van der Waals surface area contributed by atoms with Crippen LogP contribution in [0.2, 0.25) is 6.82 Å². The zero-order valence-corrected chi connectivity index (χ0v) is 20.5. The van der Waals surface area contributed by atoms with E-state index in [1.807, 2.05) is 20.2 Å². The van der Waals surface area contributed by atoms with Crippen molar-refractivity contribution in [3.05, 3.63) is 71.7 Å². The van der Waals surface area contributed by atoms with Gasteiger partial charge in [0, 0.05) is 12.6 Å². The second-order valence-corrected chi connectivity index (χ2v) is 8.29. The van der Waals surface area contributed by atoms with Crippen molar-refractivity contribution in [2.75, 3.05) is 13.1 Å². The minimum Gasteiger partial charge on any atom is -0.387 e. The summed E-state index contributed by atoms with van der Waals surface area (Å²) in [4.78, 5) is 0. The van der Waals surface area contributed by atoms with E-state index in [1.54, 1.807) is 12.1 Å². The van der Waals surface area contributed by atoms with Gasteiger partial charge in [0.15, 0.2) is 11.6 Å². The maximum atomic E-state index is 13.4. The molecule has 3 radical (unpaired) electrons. The molecule has 0 heterocycles. The van der Waals surface area contributed by atoms with Gasteiger partial charge in [-0.05, 0) is 74.3 Å². The number of hydrogen-bond acceptors (Lipinski definition) is 3. The summed E-state index contributed by atoms with van der Waals surface area (Å²) in [7, 11) is 7.15. The van der Waals surface area contributed by atoms with Crippen LogP contribution in [0.4, 0.5) is 13.2 Å². The van der Waals surface area contributed by atoms with Crippen LogP contribution in [-0.4, -0.2) is 34.3 Å². The second-order valence-electron chi connectivity index (χ2n) is 8.29. The predicted molar refractivity (Wildman–Crippen MR) is 140 cm³/mol. The van der Waals surface area contributed by atoms with Crippen molar-refractivity contribution in [3.8, 4) is 0 Å². The molecule has 0 saturated heterocycles. The number of nitrogens with two attached hydrogens (primary N) is 1. The number of unbranched alkanes of at least 4 members (excludes halogenated alkanes) is 2. The summed E-state index contributed by atoms with van der Waals surface area (Å²) in [5.41, 5.74) is 8.51. The first-order chi connectivity index (χ1) is 16.3. The number of nitrogens with one attached hydrogen (secondary N) is 2. The third-order valence-electron chi connectivity index (χ3n) is 5.33. The van der Waals surface area contributed by atoms with Crippen molar-refractivity contribution < 1.29 is 13.2 Å². The van der Waals surface area contributed by atoms with Crippen LogP contribution < -0.4 is 27.3 Å². The molecule has 0 saturated carbocycles. The van der Waals surface area contributed by atoms with Gasteiger partial charge >= 0.3 is 0 Å². The molecule has 0 bridgehead atoms. The lowest BCUT2D eigenvalue weighted by molar-refractivity contribution is 0.512. The Kier molecular flexibility index (Phi) is 15.2. The third kappa shape index (κ3) is 12.3. The summed E-state index contributed by atoms with van der Waals surface area (Å²) in [5.74, 6) is -2.09. The Morgan fingerprint density at radius 1 is 1.06 bits per heavy atom. The molecular formula is C26H37B2F3N3. The topological polar surface area (TPSA) is 50.1 Å². The van der Waals surface area contributed by atoms with E-state index in [9.17, 15) is 13.2 Å². The quantitative estimate of drug-likeness (QED) is 0.292. The lowest BCUT2D eigenvalue weighted by Gasteiger charge is -2.13. The van der Waals surface area contributed by atoms with Gasteiger partial charge in [0.1, 0.15) is 20.9 Å². The maximum Gasteiger partial charge on any atom is 0.158 e. The van der Waals surface area contributed by atoms with E-state index < -0.39 is 11.6 Å². The minimum atomic E-state index is -0.998. The zero-order valence-electron chi connectivity index (χ0n) is 20.5. The molecule has 0 aliphatic carbocycles. The van der Waals surface area contributed by atoms with E-state index >= 15 is 0 Å². The van der Waals surface area contributed by atoms with Gasteiger partial charge in [-0.1, -0.05) is 56.2 Å². The third-order valence-corrected chi connectivity index (χ3v) is 5.33. The molecule has 0 amide bonds. The van der Waals surface area contributed by atoms with Crippen molar-refractivity contribution in [3.63, 3.8) is 0 Å². The SMILES string of the molecule is C[B]c1cc(F)cc(CCC(N)CCNCCCCC)c1.[B]c1cc(CNC=C)cc(F)c1F. The van der Waals surface area contributed by atoms with E-state index in [1.165, 1.54) is 31.5 Å². The van der Waals surface area contributed by atoms with E-state index in [2.05, 4.69) is 24.1 Å². The van der Waals surface area contributed by atoms with Gasteiger partial charge < -0.3 is 16.4 Å². The van der Waals surface area contributed by atoms with Crippen molar-refractivity contribution in [1.29, 1.82) is 0 Å². The molecule has 0 spiro atoms. The summed E-state index contributed by atoms with van der Waals surface area (Å²) in [5, 5.41) is 6.19. The molecule has 0 aliphatic rings. The highest BCUT2D eigenvalue weighted by molar-refractivity contribution is 6.51. The molecule has 1 unspecified atom stereocenters. The standard InChI is InChI=1S/C17H29BFN2.C9H8BF2N/c1-3-4-5-9-21-10-8-17(20)7-6-14-11-15(18-2)13-16(19)12-14;1-2-13-5-6-3-7(10)9(12)8(11)4-6/h11-13,17,21H,3-10,20H2,1-2H3;2-4,13H,1,5H2. The summed E-state index contributed by atoms with van der Waals surface area (Å²) in [6.45, 7) is 10.0. The fraction of sp³-hybridized carbons (Fsp3) is 0.462. The molecule has 34 heavy (non-hydrogen) atoms. The van der Waals surface area contributed by atoms with Crippen LogP contribution >= 0.6 is 0 Å². The van der Waals surface area contributed by atoms with Crippen LogP contribution in [0.25, 0.3) is 0 Å². The van der Waals surface area contributed by atoms with Gasteiger partial charge in [0.2, 0.25) is 0 Å². The molecule has 0 aromatic heterocycles. The molecule has 3 nitrogen and oxygen atoms in total. The average molecular weight is 470 g/mol. The Balaban J connectivity index is 0.000000380. The molecule has 2 aromatic carbocycles. The van der Waals surface area contributed by atoms with Crippen LogP contribution in [0.15, 0.2) is 43.1 Å². The van der Waals surface area contributed by atoms with Crippen molar-refractivity contribution in [2.24, 2.45) is 5.73 Å². The largest absolute Gasteiger partial charge is 0.387 e. The van der Waals surface area contributed by atoms with Crippen LogP contribution in [0.5, 0.6) is 0 Å². The Morgan fingerprint density at radius 2 is 1.82 bits per heavy atom. The zero-order chi connectivity index (χ0) is 25.3. The Morgan fingerprint density at radius 3 is 2.47 bits per heavy atom. The maximum absolute atomic E-state index is 13.4. The molecular weight excluding hydrogens is 433 g/mol. The number of aryl methyl sites for hydroxylation is 1. The number of rotatable bonds is 14. The van der Waals surface area contributed by atoms with Crippen LogP contribution in [-0.2, 0) is 13.0 Å². The smallest absolute Gasteiger partial charge is 0.158 e. The van der Waals surface area contributed by atoms with Gasteiger partial charge in [-0.2, -0.15) is 0 Å². The van der Waals surface area contributed by atoms with Gasteiger partial charge in [-0.25, -0.2) is 13.2 Å². The number of benzene rings is 2. The van der Waals surface area contributed by atoms with Crippen molar-refractivity contribution in [1.82, 2.24) is 10.6 Å². The highest BCUT2D eigenvalue weighted by Gasteiger charge is 2.06. The minimum absolute atomic E-state index is 0.160. The second kappa shape index (κ2) is 17.3. The molecule has 4 N–H and O–H groups in total. The first-order valence-electron chi connectivity index (χ1n) is 11.9. The highest BCUT2D eigenvalue weighted by Crippen LogP contribution is 2.08. The van der Waals surface area contributed by atoms with Crippen LogP contribution in [0.3, 0.4) is 0 Å². The first-order valence-corrected chi connectivity index (χ1v) is 11.9. The summed E-state index contributed by atoms with van der Waals surface area (Å²) < 4.78 is 38.9. The molecule has 0 aliphatic heterocycles. The lowest BCUT2D eigenvalue weighted by Crippen LogP contribution is -2.27.